The quantitative estimate of drug-likeness (QED) is 0.848. The fourth-order valence-corrected chi connectivity index (χ4v) is 2.83. The van der Waals surface area contributed by atoms with E-state index in [2.05, 4.69) is 38.1 Å². The lowest BCUT2D eigenvalue weighted by Crippen LogP contribution is -2.26. The van der Waals surface area contributed by atoms with Gasteiger partial charge in [-0.3, -0.25) is 0 Å². The van der Waals surface area contributed by atoms with E-state index < -0.39 is 0 Å². The van der Waals surface area contributed by atoms with Gasteiger partial charge in [0.15, 0.2) is 0 Å². The Labute approximate surface area is 109 Å². The number of nitrogens with two attached hydrogens (primary N) is 1. The van der Waals surface area contributed by atoms with Crippen LogP contribution in [-0.2, 0) is 0 Å². The van der Waals surface area contributed by atoms with Gasteiger partial charge in [-0.05, 0) is 19.4 Å². The number of thioether (sulfide) groups is 1. The number of hydrogen-bond donors (Lipinski definition) is 2. The smallest absolute Gasteiger partial charge is 0.0628 e. The SMILES string of the molecule is Cc1ccc(C(N)C(C)SC(C)C(C)O)cc1. The van der Waals surface area contributed by atoms with Gasteiger partial charge in [0.2, 0.25) is 0 Å². The monoisotopic (exact) mass is 253 g/mol. The van der Waals surface area contributed by atoms with Crippen LogP contribution in [0.4, 0.5) is 0 Å². The predicted octanol–water partition coefficient (Wildman–Crippen LogP) is 2.89. The number of aliphatic hydroxyl groups excluding tert-OH is 1. The van der Waals surface area contributed by atoms with Gasteiger partial charge in [-0.2, -0.15) is 11.8 Å². The van der Waals surface area contributed by atoms with Crippen molar-refractivity contribution in [2.24, 2.45) is 5.73 Å². The van der Waals surface area contributed by atoms with Crippen LogP contribution in [0.5, 0.6) is 0 Å². The number of benzene rings is 1. The van der Waals surface area contributed by atoms with Gasteiger partial charge in [0.1, 0.15) is 0 Å². The minimum Gasteiger partial charge on any atom is -0.392 e. The highest BCUT2D eigenvalue weighted by molar-refractivity contribution is 8.00. The molecule has 0 aliphatic heterocycles. The molecule has 0 aromatic heterocycles. The molecular weight excluding hydrogens is 230 g/mol. The summed E-state index contributed by atoms with van der Waals surface area (Å²) in [5.41, 5.74) is 8.64. The lowest BCUT2D eigenvalue weighted by atomic mass is 10.0. The average Bonchev–Trinajstić information content (AvgIpc) is 2.28. The Bertz CT molecular complexity index is 337. The van der Waals surface area contributed by atoms with Crippen LogP contribution in [0.3, 0.4) is 0 Å². The van der Waals surface area contributed by atoms with Crippen LogP contribution in [-0.4, -0.2) is 21.7 Å². The zero-order valence-electron chi connectivity index (χ0n) is 11.1. The zero-order chi connectivity index (χ0) is 13.0. The number of hydrogen-bond acceptors (Lipinski definition) is 3. The van der Waals surface area contributed by atoms with Crippen LogP contribution in [0.25, 0.3) is 0 Å². The first-order valence-electron chi connectivity index (χ1n) is 6.07. The molecule has 17 heavy (non-hydrogen) atoms. The standard InChI is InChI=1S/C14H23NOS/c1-9-5-7-13(8-6-9)14(15)12(4)17-11(3)10(2)16/h5-8,10-12,14,16H,15H2,1-4H3. The number of rotatable bonds is 5. The summed E-state index contributed by atoms with van der Waals surface area (Å²) in [5, 5.41) is 10.0. The highest BCUT2D eigenvalue weighted by Gasteiger charge is 2.20. The first-order valence-corrected chi connectivity index (χ1v) is 7.01. The van der Waals surface area contributed by atoms with Crippen molar-refractivity contribution in [2.45, 2.75) is 50.3 Å². The third-order valence-corrected chi connectivity index (χ3v) is 4.62. The third-order valence-electron chi connectivity index (χ3n) is 3.08. The van der Waals surface area contributed by atoms with Crippen molar-refractivity contribution in [3.8, 4) is 0 Å². The summed E-state index contributed by atoms with van der Waals surface area (Å²) < 4.78 is 0. The van der Waals surface area contributed by atoms with Gasteiger partial charge in [0.25, 0.3) is 0 Å². The molecule has 0 saturated carbocycles. The maximum absolute atomic E-state index is 9.50. The predicted molar refractivity (Wildman–Crippen MR) is 76.3 cm³/mol. The highest BCUT2D eigenvalue weighted by atomic mass is 32.2. The van der Waals surface area contributed by atoms with Crippen molar-refractivity contribution in [1.82, 2.24) is 0 Å². The molecule has 0 fully saturated rings. The normalized spacial score (nSPS) is 18.5. The Hall–Kier alpha value is -0.510. The second kappa shape index (κ2) is 6.43. The van der Waals surface area contributed by atoms with Gasteiger partial charge in [-0.1, -0.05) is 43.7 Å². The Kier molecular flexibility index (Phi) is 5.50. The summed E-state index contributed by atoms with van der Waals surface area (Å²) in [6, 6.07) is 8.37. The first-order chi connectivity index (χ1) is 7.91. The minimum atomic E-state index is -0.298. The van der Waals surface area contributed by atoms with Gasteiger partial charge < -0.3 is 10.8 Å². The van der Waals surface area contributed by atoms with Crippen LogP contribution in [0.15, 0.2) is 24.3 Å². The van der Waals surface area contributed by atoms with Gasteiger partial charge >= 0.3 is 0 Å². The molecule has 3 N–H and O–H groups in total. The van der Waals surface area contributed by atoms with E-state index in [9.17, 15) is 5.11 Å². The molecule has 3 heteroatoms. The molecule has 0 aliphatic carbocycles. The Balaban J connectivity index is 2.63. The van der Waals surface area contributed by atoms with Crippen molar-refractivity contribution in [2.75, 3.05) is 0 Å². The van der Waals surface area contributed by atoms with Crippen LogP contribution in [0.1, 0.15) is 37.9 Å². The molecule has 0 amide bonds. The molecule has 1 aromatic carbocycles. The number of aryl methyl sites for hydroxylation is 1. The van der Waals surface area contributed by atoms with E-state index in [0.717, 1.165) is 5.56 Å². The van der Waals surface area contributed by atoms with Gasteiger partial charge in [-0.25, -0.2) is 0 Å². The number of aliphatic hydroxyl groups is 1. The summed E-state index contributed by atoms with van der Waals surface area (Å²) in [6.45, 7) is 8.05. The second-order valence-corrected chi connectivity index (χ2v) is 6.48. The van der Waals surface area contributed by atoms with E-state index >= 15 is 0 Å². The molecule has 2 nitrogen and oxygen atoms in total. The van der Waals surface area contributed by atoms with Gasteiger partial charge in [0, 0.05) is 16.5 Å². The Morgan fingerprint density at radius 2 is 1.59 bits per heavy atom. The molecule has 4 atom stereocenters. The topological polar surface area (TPSA) is 46.2 Å². The van der Waals surface area contributed by atoms with Crippen molar-refractivity contribution in [3.05, 3.63) is 35.4 Å². The Morgan fingerprint density at radius 3 is 2.06 bits per heavy atom. The lowest BCUT2D eigenvalue weighted by molar-refractivity contribution is 0.196. The summed E-state index contributed by atoms with van der Waals surface area (Å²) in [5.74, 6) is 0. The van der Waals surface area contributed by atoms with E-state index in [1.54, 1.807) is 11.8 Å². The van der Waals surface area contributed by atoms with Crippen LogP contribution in [0, 0.1) is 6.92 Å². The largest absolute Gasteiger partial charge is 0.392 e. The molecule has 0 saturated heterocycles. The summed E-state index contributed by atoms with van der Waals surface area (Å²) in [6.07, 6.45) is -0.298. The molecule has 0 radical (unpaired) electrons. The van der Waals surface area contributed by atoms with Crippen molar-refractivity contribution in [3.63, 3.8) is 0 Å². The van der Waals surface area contributed by atoms with Crippen molar-refractivity contribution in [1.29, 1.82) is 0 Å². The second-order valence-electron chi connectivity index (χ2n) is 4.72. The highest BCUT2D eigenvalue weighted by Crippen LogP contribution is 2.28. The molecule has 1 aromatic rings. The van der Waals surface area contributed by atoms with E-state index in [1.165, 1.54) is 5.56 Å². The third kappa shape index (κ3) is 4.34. The molecule has 0 spiro atoms. The first kappa shape index (κ1) is 14.6. The van der Waals surface area contributed by atoms with Gasteiger partial charge in [0.05, 0.1) is 6.10 Å². The summed E-state index contributed by atoms with van der Waals surface area (Å²) in [7, 11) is 0. The molecule has 96 valence electrons. The van der Waals surface area contributed by atoms with E-state index in [-0.39, 0.29) is 17.4 Å². The van der Waals surface area contributed by atoms with Crippen molar-refractivity contribution < 1.29 is 5.11 Å². The molecule has 4 unspecified atom stereocenters. The lowest BCUT2D eigenvalue weighted by Gasteiger charge is -2.24. The van der Waals surface area contributed by atoms with Crippen LogP contribution >= 0.6 is 11.8 Å². The van der Waals surface area contributed by atoms with E-state index in [4.69, 9.17) is 5.73 Å². The molecule has 0 aliphatic rings. The van der Waals surface area contributed by atoms with Crippen LogP contribution in [0.2, 0.25) is 0 Å². The van der Waals surface area contributed by atoms with Gasteiger partial charge in [-0.15, -0.1) is 0 Å². The Morgan fingerprint density at radius 1 is 1.06 bits per heavy atom. The zero-order valence-corrected chi connectivity index (χ0v) is 11.9. The maximum Gasteiger partial charge on any atom is 0.0628 e. The summed E-state index contributed by atoms with van der Waals surface area (Å²) in [4.78, 5) is 0. The minimum absolute atomic E-state index is 0.0156. The molecule has 1 rings (SSSR count). The average molecular weight is 253 g/mol. The summed E-state index contributed by atoms with van der Waals surface area (Å²) >= 11 is 1.74. The fourth-order valence-electron chi connectivity index (χ4n) is 1.60. The maximum atomic E-state index is 9.50. The van der Waals surface area contributed by atoms with Crippen LogP contribution < -0.4 is 5.73 Å². The molecule has 0 bridgehead atoms. The molecular formula is C14H23NOS. The molecule has 0 heterocycles. The van der Waals surface area contributed by atoms with E-state index in [0.29, 0.717) is 5.25 Å². The fraction of sp³-hybridized carbons (Fsp3) is 0.571. The van der Waals surface area contributed by atoms with E-state index in [1.807, 2.05) is 13.8 Å². The van der Waals surface area contributed by atoms with Crippen molar-refractivity contribution >= 4 is 11.8 Å².